The number of carbonyl (C=O) groups is 2. The molecule has 0 fully saturated rings. The number of fused-ring (bicyclic) bond motifs is 1. The molecule has 6 heteroatoms. The third-order valence-corrected chi connectivity index (χ3v) is 5.47. The lowest BCUT2D eigenvalue weighted by molar-refractivity contribution is -0.117. The predicted octanol–water partition coefficient (Wildman–Crippen LogP) is 4.75. The number of carbonyl (C=O) groups excluding carboxylic acids is 1. The molecular weight excluding hydrogens is 378 g/mol. The van der Waals surface area contributed by atoms with Gasteiger partial charge in [0.15, 0.2) is 0 Å². The van der Waals surface area contributed by atoms with Crippen LogP contribution in [0.2, 0.25) is 0 Å². The van der Waals surface area contributed by atoms with Gasteiger partial charge in [-0.25, -0.2) is 9.78 Å². The number of anilines is 2. The molecule has 0 saturated carbocycles. The molecule has 6 nitrogen and oxygen atoms in total. The Morgan fingerprint density at radius 1 is 1.07 bits per heavy atom. The summed E-state index contributed by atoms with van der Waals surface area (Å²) in [5, 5.41) is 12.6. The highest BCUT2D eigenvalue weighted by molar-refractivity contribution is 5.94. The average molecular weight is 401 g/mol. The maximum atomic E-state index is 12.3. The average Bonchev–Trinajstić information content (AvgIpc) is 2.74. The zero-order valence-corrected chi connectivity index (χ0v) is 16.9. The Morgan fingerprint density at radius 2 is 1.80 bits per heavy atom. The number of carboxylic acid groups (broad SMARTS) is 1. The summed E-state index contributed by atoms with van der Waals surface area (Å²) in [5.74, 6) is -0.149. The Bertz CT molecular complexity index is 1080. The van der Waals surface area contributed by atoms with Gasteiger partial charge in [-0.1, -0.05) is 24.3 Å². The van der Waals surface area contributed by atoms with Crippen LogP contribution < -0.4 is 10.2 Å². The van der Waals surface area contributed by atoms with E-state index in [2.05, 4.69) is 23.3 Å². The lowest BCUT2D eigenvalue weighted by Crippen LogP contribution is -2.43. The van der Waals surface area contributed by atoms with Crippen molar-refractivity contribution in [3.8, 4) is 11.1 Å². The summed E-state index contributed by atoms with van der Waals surface area (Å²) < 4.78 is 0. The van der Waals surface area contributed by atoms with Gasteiger partial charge in [-0.15, -0.1) is 0 Å². The molecule has 3 aromatic rings. The number of rotatable bonds is 4. The number of hydrogen-bond donors (Lipinski definition) is 2. The van der Waals surface area contributed by atoms with Crippen molar-refractivity contribution in [1.29, 1.82) is 0 Å². The third-order valence-electron chi connectivity index (χ3n) is 5.47. The summed E-state index contributed by atoms with van der Waals surface area (Å²) in [5.41, 5.74) is 4.06. The number of aromatic carboxylic acids is 1. The van der Waals surface area contributed by atoms with Gasteiger partial charge in [-0.3, -0.25) is 4.79 Å². The first-order valence-corrected chi connectivity index (χ1v) is 9.89. The van der Waals surface area contributed by atoms with E-state index in [4.69, 9.17) is 5.11 Å². The summed E-state index contributed by atoms with van der Waals surface area (Å²) in [6, 6.07) is 18.6. The molecule has 2 N–H and O–H groups in total. The van der Waals surface area contributed by atoms with Crippen LogP contribution in [0.1, 0.15) is 42.2 Å². The van der Waals surface area contributed by atoms with Crippen LogP contribution in [0, 0.1) is 0 Å². The van der Waals surface area contributed by atoms with Crippen LogP contribution in [0.4, 0.5) is 11.5 Å². The maximum absolute atomic E-state index is 12.3. The van der Waals surface area contributed by atoms with E-state index < -0.39 is 5.97 Å². The number of amides is 1. The summed E-state index contributed by atoms with van der Waals surface area (Å²) in [6.45, 7) is 3.64. The molecule has 30 heavy (non-hydrogen) atoms. The van der Waals surface area contributed by atoms with Crippen LogP contribution in [0.5, 0.6) is 0 Å². The first-order valence-electron chi connectivity index (χ1n) is 9.89. The minimum atomic E-state index is -0.947. The van der Waals surface area contributed by atoms with Crippen LogP contribution in [0.25, 0.3) is 11.1 Å². The smallest absolute Gasteiger partial charge is 0.335 e. The fourth-order valence-corrected chi connectivity index (χ4v) is 4.09. The molecule has 4 rings (SSSR count). The van der Waals surface area contributed by atoms with Gasteiger partial charge in [0.1, 0.15) is 5.82 Å². The van der Waals surface area contributed by atoms with Crippen molar-refractivity contribution in [3.05, 3.63) is 78.0 Å². The van der Waals surface area contributed by atoms with E-state index in [1.165, 1.54) is 0 Å². The number of nitrogens with one attached hydrogen (secondary N) is 1. The number of nitrogens with zero attached hydrogens (tertiary/aromatic N) is 2. The SMILES string of the molecule is CC(=O)N1c2ccc(-c3ccc(C(=O)O)cc3)cc2C(Nc2ccccn2)CC1C. The Kier molecular flexibility index (Phi) is 5.23. The van der Waals surface area contributed by atoms with E-state index in [1.807, 2.05) is 35.2 Å². The zero-order valence-electron chi connectivity index (χ0n) is 16.9. The number of pyridine rings is 1. The van der Waals surface area contributed by atoms with Crippen molar-refractivity contribution in [3.63, 3.8) is 0 Å². The van der Waals surface area contributed by atoms with Crippen molar-refractivity contribution in [2.24, 2.45) is 0 Å². The first kappa shape index (κ1) is 19.6. The standard InChI is InChI=1S/C24H23N3O3/c1-15-13-21(26-23-5-3-4-12-25-23)20-14-19(10-11-22(20)27(15)16(2)28)17-6-8-18(9-7-17)24(29)30/h3-12,14-15,21H,13H2,1-2H3,(H,25,26)(H,29,30). The van der Waals surface area contributed by atoms with Crippen molar-refractivity contribution in [2.75, 3.05) is 10.2 Å². The van der Waals surface area contributed by atoms with Gasteiger partial charge in [-0.05, 0) is 66.4 Å². The van der Waals surface area contributed by atoms with Gasteiger partial charge in [0.25, 0.3) is 0 Å². The number of aromatic nitrogens is 1. The molecule has 1 aliphatic rings. The van der Waals surface area contributed by atoms with Crippen molar-refractivity contribution in [1.82, 2.24) is 4.98 Å². The minimum Gasteiger partial charge on any atom is -0.478 e. The zero-order chi connectivity index (χ0) is 21.3. The molecule has 2 atom stereocenters. The molecule has 1 amide bonds. The molecule has 0 bridgehead atoms. The number of carboxylic acids is 1. The molecule has 1 aliphatic heterocycles. The van der Waals surface area contributed by atoms with Crippen LogP contribution in [0.3, 0.4) is 0 Å². The van der Waals surface area contributed by atoms with Gasteiger partial charge in [0.05, 0.1) is 11.6 Å². The highest BCUT2D eigenvalue weighted by Crippen LogP contribution is 2.41. The van der Waals surface area contributed by atoms with Crippen molar-refractivity contribution in [2.45, 2.75) is 32.4 Å². The predicted molar refractivity (Wildman–Crippen MR) is 117 cm³/mol. The molecule has 0 radical (unpaired) electrons. The highest BCUT2D eigenvalue weighted by Gasteiger charge is 2.32. The van der Waals surface area contributed by atoms with Gasteiger partial charge in [-0.2, -0.15) is 0 Å². The Morgan fingerprint density at radius 3 is 2.43 bits per heavy atom. The van der Waals surface area contributed by atoms with E-state index in [9.17, 15) is 9.59 Å². The quantitative estimate of drug-likeness (QED) is 0.659. The molecule has 2 unspecified atom stereocenters. The molecular formula is C24H23N3O3. The second-order valence-electron chi connectivity index (χ2n) is 7.54. The van der Waals surface area contributed by atoms with Crippen LogP contribution in [-0.4, -0.2) is 28.0 Å². The van der Waals surface area contributed by atoms with E-state index >= 15 is 0 Å². The summed E-state index contributed by atoms with van der Waals surface area (Å²) in [7, 11) is 0. The van der Waals surface area contributed by atoms with Gasteiger partial charge >= 0.3 is 5.97 Å². The Labute approximate surface area is 175 Å². The minimum absolute atomic E-state index is 0.00116. The molecule has 0 saturated heterocycles. The summed E-state index contributed by atoms with van der Waals surface area (Å²) >= 11 is 0. The second-order valence-corrected chi connectivity index (χ2v) is 7.54. The third kappa shape index (κ3) is 3.76. The Hall–Kier alpha value is -3.67. The Balaban J connectivity index is 1.76. The highest BCUT2D eigenvalue weighted by atomic mass is 16.4. The van der Waals surface area contributed by atoms with Gasteiger partial charge in [0.2, 0.25) is 5.91 Å². The monoisotopic (exact) mass is 401 g/mol. The summed E-state index contributed by atoms with van der Waals surface area (Å²) in [4.78, 5) is 29.7. The lowest BCUT2D eigenvalue weighted by Gasteiger charge is -2.39. The van der Waals surface area contributed by atoms with E-state index in [-0.39, 0.29) is 23.6 Å². The number of benzene rings is 2. The van der Waals surface area contributed by atoms with Crippen LogP contribution >= 0.6 is 0 Å². The van der Waals surface area contributed by atoms with E-state index in [0.717, 1.165) is 34.6 Å². The normalized spacial score (nSPS) is 17.9. The molecule has 0 spiro atoms. The first-order chi connectivity index (χ1) is 14.4. The van der Waals surface area contributed by atoms with E-state index in [1.54, 1.807) is 37.4 Å². The molecule has 1 aromatic heterocycles. The second kappa shape index (κ2) is 7.99. The van der Waals surface area contributed by atoms with Crippen molar-refractivity contribution < 1.29 is 14.7 Å². The fraction of sp³-hybridized carbons (Fsp3) is 0.208. The lowest BCUT2D eigenvalue weighted by atomic mass is 9.89. The molecule has 2 heterocycles. The molecule has 2 aromatic carbocycles. The summed E-state index contributed by atoms with van der Waals surface area (Å²) in [6.07, 6.45) is 2.50. The molecule has 152 valence electrons. The van der Waals surface area contributed by atoms with Crippen LogP contribution in [0.15, 0.2) is 66.9 Å². The fourth-order valence-electron chi connectivity index (χ4n) is 4.09. The largest absolute Gasteiger partial charge is 0.478 e. The molecule has 0 aliphatic carbocycles. The maximum Gasteiger partial charge on any atom is 0.335 e. The number of hydrogen-bond acceptors (Lipinski definition) is 4. The van der Waals surface area contributed by atoms with Crippen molar-refractivity contribution >= 4 is 23.4 Å². The van der Waals surface area contributed by atoms with Crippen LogP contribution in [-0.2, 0) is 4.79 Å². The van der Waals surface area contributed by atoms with Gasteiger partial charge < -0.3 is 15.3 Å². The van der Waals surface area contributed by atoms with Gasteiger partial charge in [0, 0.05) is 24.8 Å². The topological polar surface area (TPSA) is 82.5 Å². The van der Waals surface area contributed by atoms with E-state index in [0.29, 0.717) is 0 Å².